The van der Waals surface area contributed by atoms with E-state index in [1.807, 2.05) is 24.3 Å². The molecule has 168 valence electrons. The van der Waals surface area contributed by atoms with E-state index in [0.717, 1.165) is 10.2 Å². The standard InChI is InChI=1S/C22H18ClN5O4S/c1-32-21(30)15-4-8-17(9-5-15)24-19(29)12-27-22(31)28-18(25-27)10-11-20(26-28)33-13-14-2-6-16(23)7-3-14/h2-11H,12-13H2,1H3,(H,24,29). The van der Waals surface area contributed by atoms with Gasteiger partial charge in [-0.3, -0.25) is 4.79 Å². The summed E-state index contributed by atoms with van der Waals surface area (Å²) in [5.41, 5.74) is 1.73. The number of aromatic nitrogens is 4. The summed E-state index contributed by atoms with van der Waals surface area (Å²) in [6.45, 7) is -0.284. The summed E-state index contributed by atoms with van der Waals surface area (Å²) in [5, 5.41) is 12.5. The smallest absolute Gasteiger partial charge is 0.367 e. The van der Waals surface area contributed by atoms with E-state index in [0.29, 0.717) is 32.7 Å². The van der Waals surface area contributed by atoms with Crippen LogP contribution in [0.2, 0.25) is 5.02 Å². The number of amides is 1. The van der Waals surface area contributed by atoms with Crippen LogP contribution < -0.4 is 11.0 Å². The van der Waals surface area contributed by atoms with E-state index in [-0.39, 0.29) is 6.54 Å². The highest BCUT2D eigenvalue weighted by Crippen LogP contribution is 2.21. The molecular formula is C22H18ClN5O4S. The maximum absolute atomic E-state index is 12.7. The fourth-order valence-corrected chi connectivity index (χ4v) is 3.89. The number of nitrogens with zero attached hydrogens (tertiary/aromatic N) is 4. The largest absolute Gasteiger partial charge is 0.465 e. The second-order valence-electron chi connectivity index (χ2n) is 6.91. The third-order valence-electron chi connectivity index (χ3n) is 4.60. The third-order valence-corrected chi connectivity index (χ3v) is 5.84. The predicted molar refractivity (Wildman–Crippen MR) is 125 cm³/mol. The molecule has 0 fully saturated rings. The van der Waals surface area contributed by atoms with Gasteiger partial charge in [0.05, 0.1) is 12.7 Å². The highest BCUT2D eigenvalue weighted by atomic mass is 35.5. The van der Waals surface area contributed by atoms with Gasteiger partial charge in [0.15, 0.2) is 5.65 Å². The molecule has 0 aliphatic heterocycles. The van der Waals surface area contributed by atoms with Crippen LogP contribution in [0.15, 0.2) is 70.5 Å². The van der Waals surface area contributed by atoms with Crippen LogP contribution in [0, 0.1) is 0 Å². The van der Waals surface area contributed by atoms with Crippen molar-refractivity contribution in [3.63, 3.8) is 0 Å². The van der Waals surface area contributed by atoms with E-state index in [9.17, 15) is 14.4 Å². The normalized spacial score (nSPS) is 10.8. The van der Waals surface area contributed by atoms with Crippen molar-refractivity contribution in [2.75, 3.05) is 12.4 Å². The molecular weight excluding hydrogens is 466 g/mol. The number of fused-ring (bicyclic) bond motifs is 1. The Morgan fingerprint density at radius 3 is 2.45 bits per heavy atom. The number of halogens is 1. The minimum atomic E-state index is -0.518. The highest BCUT2D eigenvalue weighted by Gasteiger charge is 2.13. The Balaban J connectivity index is 1.43. The summed E-state index contributed by atoms with van der Waals surface area (Å²) in [7, 11) is 1.29. The molecule has 0 radical (unpaired) electrons. The minimum Gasteiger partial charge on any atom is -0.465 e. The first kappa shape index (κ1) is 22.6. The lowest BCUT2D eigenvalue weighted by atomic mass is 10.2. The number of benzene rings is 2. The van der Waals surface area contributed by atoms with Crippen molar-refractivity contribution in [3.8, 4) is 0 Å². The van der Waals surface area contributed by atoms with E-state index >= 15 is 0 Å². The lowest BCUT2D eigenvalue weighted by molar-refractivity contribution is -0.117. The number of methoxy groups -OCH3 is 1. The van der Waals surface area contributed by atoms with Crippen molar-refractivity contribution in [1.82, 2.24) is 19.4 Å². The van der Waals surface area contributed by atoms with Crippen molar-refractivity contribution >= 4 is 46.6 Å². The molecule has 11 heteroatoms. The van der Waals surface area contributed by atoms with Crippen molar-refractivity contribution in [3.05, 3.63) is 87.3 Å². The first-order valence-corrected chi connectivity index (χ1v) is 11.1. The van der Waals surface area contributed by atoms with E-state index in [2.05, 4.69) is 20.3 Å². The van der Waals surface area contributed by atoms with E-state index in [4.69, 9.17) is 11.6 Å². The monoisotopic (exact) mass is 483 g/mol. The average Bonchev–Trinajstić information content (AvgIpc) is 3.13. The second-order valence-corrected chi connectivity index (χ2v) is 8.35. The molecule has 4 aromatic rings. The zero-order valence-electron chi connectivity index (χ0n) is 17.4. The Hall–Kier alpha value is -3.63. The molecule has 2 heterocycles. The Bertz CT molecular complexity index is 1370. The predicted octanol–water partition coefficient (Wildman–Crippen LogP) is 3.26. The van der Waals surface area contributed by atoms with Gasteiger partial charge in [-0.2, -0.15) is 9.61 Å². The SMILES string of the molecule is COC(=O)c1ccc(NC(=O)Cn2nc3ccc(SCc4ccc(Cl)cc4)nn3c2=O)cc1. The van der Waals surface area contributed by atoms with Crippen molar-refractivity contribution in [2.24, 2.45) is 0 Å². The van der Waals surface area contributed by atoms with Gasteiger partial charge in [0.25, 0.3) is 0 Å². The number of ether oxygens (including phenoxy) is 1. The van der Waals surface area contributed by atoms with Crippen LogP contribution in [0.4, 0.5) is 5.69 Å². The first-order chi connectivity index (χ1) is 15.9. The number of nitrogens with one attached hydrogen (secondary N) is 1. The van der Waals surface area contributed by atoms with Gasteiger partial charge >= 0.3 is 11.7 Å². The van der Waals surface area contributed by atoms with Crippen LogP contribution in [0.25, 0.3) is 5.65 Å². The molecule has 0 saturated heterocycles. The molecule has 0 spiro atoms. The van der Waals surface area contributed by atoms with Crippen molar-refractivity contribution in [1.29, 1.82) is 0 Å². The maximum Gasteiger partial charge on any atom is 0.367 e. The molecule has 0 bridgehead atoms. The molecule has 0 saturated carbocycles. The molecule has 4 rings (SSSR count). The van der Waals surface area contributed by atoms with Gasteiger partial charge in [0.1, 0.15) is 11.6 Å². The number of carbonyl (C=O) groups is 2. The molecule has 1 amide bonds. The minimum absolute atomic E-state index is 0.284. The lowest BCUT2D eigenvalue weighted by Crippen LogP contribution is -2.28. The molecule has 2 aromatic heterocycles. The summed E-state index contributed by atoms with van der Waals surface area (Å²) < 4.78 is 6.86. The first-order valence-electron chi connectivity index (χ1n) is 9.75. The van der Waals surface area contributed by atoms with Gasteiger partial charge in [0, 0.05) is 16.5 Å². The number of carbonyl (C=O) groups excluding carboxylic acids is 2. The number of hydrogen-bond acceptors (Lipinski definition) is 7. The fourth-order valence-electron chi connectivity index (χ4n) is 2.95. The van der Waals surface area contributed by atoms with Gasteiger partial charge in [-0.15, -0.1) is 5.10 Å². The van der Waals surface area contributed by atoms with Crippen molar-refractivity contribution < 1.29 is 14.3 Å². The number of thioether (sulfide) groups is 1. The van der Waals surface area contributed by atoms with Gasteiger partial charge in [0.2, 0.25) is 5.91 Å². The van der Waals surface area contributed by atoms with E-state index in [1.165, 1.54) is 35.5 Å². The molecule has 0 atom stereocenters. The van der Waals surface area contributed by atoms with E-state index < -0.39 is 17.6 Å². The quantitative estimate of drug-likeness (QED) is 0.317. The van der Waals surface area contributed by atoms with Crippen LogP contribution >= 0.6 is 23.4 Å². The Kier molecular flexibility index (Phi) is 6.76. The van der Waals surface area contributed by atoms with Crippen LogP contribution in [-0.4, -0.2) is 38.4 Å². The van der Waals surface area contributed by atoms with Crippen LogP contribution in [0.1, 0.15) is 15.9 Å². The Labute approximate surface area is 197 Å². The average molecular weight is 484 g/mol. The topological polar surface area (TPSA) is 108 Å². The zero-order chi connectivity index (χ0) is 23.4. The Morgan fingerprint density at radius 2 is 1.76 bits per heavy atom. The number of esters is 1. The number of rotatable bonds is 7. The van der Waals surface area contributed by atoms with E-state index in [1.54, 1.807) is 24.3 Å². The van der Waals surface area contributed by atoms with Gasteiger partial charge in [-0.05, 0) is 54.1 Å². The summed E-state index contributed by atoms with van der Waals surface area (Å²) in [6.07, 6.45) is 0. The van der Waals surface area contributed by atoms with Gasteiger partial charge in [-0.1, -0.05) is 35.5 Å². The van der Waals surface area contributed by atoms with Crippen molar-refractivity contribution in [2.45, 2.75) is 17.3 Å². The molecule has 33 heavy (non-hydrogen) atoms. The number of hydrogen-bond donors (Lipinski definition) is 1. The fraction of sp³-hybridized carbons (Fsp3) is 0.136. The van der Waals surface area contributed by atoms with Crippen LogP contribution in [-0.2, 0) is 21.8 Å². The van der Waals surface area contributed by atoms with Gasteiger partial charge in [-0.25, -0.2) is 14.3 Å². The van der Waals surface area contributed by atoms with Crippen LogP contribution in [0.3, 0.4) is 0 Å². The molecule has 0 aliphatic rings. The summed E-state index contributed by atoms with van der Waals surface area (Å²) >= 11 is 7.38. The lowest BCUT2D eigenvalue weighted by Gasteiger charge is -2.05. The van der Waals surface area contributed by atoms with Gasteiger partial charge < -0.3 is 10.1 Å². The molecule has 1 N–H and O–H groups in total. The summed E-state index contributed by atoms with van der Waals surface area (Å²) in [5.74, 6) is -0.249. The Morgan fingerprint density at radius 1 is 1.03 bits per heavy atom. The highest BCUT2D eigenvalue weighted by molar-refractivity contribution is 7.98. The molecule has 9 nitrogen and oxygen atoms in total. The molecule has 2 aromatic carbocycles. The summed E-state index contributed by atoms with van der Waals surface area (Å²) in [4.78, 5) is 36.6. The zero-order valence-corrected chi connectivity index (χ0v) is 19.0. The molecule has 0 aliphatic carbocycles. The molecule has 0 unspecified atom stereocenters. The number of anilines is 1. The summed E-state index contributed by atoms with van der Waals surface area (Å²) in [6, 6.07) is 17.2. The third kappa shape index (κ3) is 5.41. The second kappa shape index (κ2) is 9.88. The van der Waals surface area contributed by atoms with Crippen LogP contribution in [0.5, 0.6) is 0 Å². The maximum atomic E-state index is 12.7.